The molecule has 0 fully saturated rings. The monoisotopic (exact) mass is 462 g/mol. The topological polar surface area (TPSA) is 82.2 Å². The first-order valence-electron chi connectivity index (χ1n) is 11.4. The molecule has 34 heavy (non-hydrogen) atoms. The molecule has 1 N–H and O–H groups in total. The van der Waals surface area contributed by atoms with Gasteiger partial charge in [0.15, 0.2) is 0 Å². The lowest BCUT2D eigenvalue weighted by atomic mass is 9.95. The van der Waals surface area contributed by atoms with Crippen LogP contribution < -0.4 is 10.1 Å². The molecule has 0 saturated heterocycles. The molecule has 2 aromatic carbocycles. The highest BCUT2D eigenvalue weighted by Crippen LogP contribution is 2.37. The van der Waals surface area contributed by atoms with Crippen molar-refractivity contribution in [2.75, 3.05) is 34.3 Å². The molecular weight excluding hydrogens is 432 g/mol. The number of benzene rings is 2. The van der Waals surface area contributed by atoms with Gasteiger partial charge in [-0.05, 0) is 30.2 Å². The van der Waals surface area contributed by atoms with Crippen molar-refractivity contribution in [1.82, 2.24) is 20.0 Å². The van der Waals surface area contributed by atoms with Crippen LogP contribution in [0.3, 0.4) is 0 Å². The summed E-state index contributed by atoms with van der Waals surface area (Å²) in [6, 6.07) is 15.4. The fourth-order valence-corrected chi connectivity index (χ4v) is 4.46. The summed E-state index contributed by atoms with van der Waals surface area (Å²) < 4.78 is 5.24. The second-order valence-electron chi connectivity index (χ2n) is 8.57. The van der Waals surface area contributed by atoms with Crippen molar-refractivity contribution in [1.29, 1.82) is 0 Å². The van der Waals surface area contributed by atoms with Crippen LogP contribution in [-0.2, 0) is 16.0 Å². The molecule has 8 heteroatoms. The van der Waals surface area contributed by atoms with Gasteiger partial charge in [0.25, 0.3) is 5.91 Å². The minimum atomic E-state index is -0.675. The first-order valence-corrected chi connectivity index (χ1v) is 11.4. The van der Waals surface area contributed by atoms with Crippen LogP contribution in [0.2, 0.25) is 0 Å². The van der Waals surface area contributed by atoms with E-state index in [2.05, 4.69) is 5.32 Å². The van der Waals surface area contributed by atoms with E-state index in [1.807, 2.05) is 49.4 Å². The number of hydrogen-bond donors (Lipinski definition) is 1. The molecule has 8 nitrogen and oxygen atoms in total. The van der Waals surface area contributed by atoms with Gasteiger partial charge in [0, 0.05) is 27.1 Å². The number of carbonyl (C=O) groups excluding carboxylic acids is 3. The first kappa shape index (κ1) is 23.4. The Morgan fingerprint density at radius 2 is 1.82 bits per heavy atom. The minimum absolute atomic E-state index is 0.123. The molecule has 2 aliphatic heterocycles. The molecule has 0 saturated carbocycles. The fourth-order valence-electron chi connectivity index (χ4n) is 4.46. The molecule has 0 radical (unpaired) electrons. The molecule has 2 heterocycles. The van der Waals surface area contributed by atoms with Crippen molar-refractivity contribution in [3.63, 3.8) is 0 Å². The van der Waals surface area contributed by atoms with Gasteiger partial charge in [-0.25, -0.2) is 4.79 Å². The molecule has 0 bridgehead atoms. The van der Waals surface area contributed by atoms with Crippen LogP contribution in [0.1, 0.15) is 24.1 Å². The molecule has 4 rings (SSSR count). The smallest absolute Gasteiger partial charge is 0.322 e. The summed E-state index contributed by atoms with van der Waals surface area (Å²) in [5.41, 5.74) is 2.87. The Bertz CT molecular complexity index is 1110. The van der Waals surface area contributed by atoms with Crippen LogP contribution in [-0.4, -0.2) is 72.9 Å². The molecule has 2 aliphatic rings. The molecule has 2 aromatic rings. The summed E-state index contributed by atoms with van der Waals surface area (Å²) in [5, 5.41) is 2.94. The molecule has 2 atom stereocenters. The lowest BCUT2D eigenvalue weighted by Gasteiger charge is -2.31. The van der Waals surface area contributed by atoms with Crippen LogP contribution in [0.25, 0.3) is 0 Å². The lowest BCUT2D eigenvalue weighted by Crippen LogP contribution is -2.50. The first-order chi connectivity index (χ1) is 16.3. The van der Waals surface area contributed by atoms with Crippen molar-refractivity contribution in [3.05, 3.63) is 77.0 Å². The highest BCUT2D eigenvalue weighted by atomic mass is 16.5. The fraction of sp³-hybridized carbons (Fsp3) is 0.346. The highest BCUT2D eigenvalue weighted by Gasteiger charge is 2.46. The van der Waals surface area contributed by atoms with E-state index >= 15 is 0 Å². The maximum absolute atomic E-state index is 13.8. The number of amides is 4. The summed E-state index contributed by atoms with van der Waals surface area (Å²) >= 11 is 0. The second-order valence-corrected chi connectivity index (χ2v) is 8.57. The van der Waals surface area contributed by atoms with Crippen LogP contribution >= 0.6 is 0 Å². The quantitative estimate of drug-likeness (QED) is 0.686. The van der Waals surface area contributed by atoms with Crippen molar-refractivity contribution in [2.24, 2.45) is 0 Å². The van der Waals surface area contributed by atoms with Gasteiger partial charge in [-0.15, -0.1) is 0 Å². The number of ether oxygens (including phenoxy) is 1. The molecule has 4 amide bonds. The number of carbonyl (C=O) groups is 3. The number of hydrogen-bond acceptors (Lipinski definition) is 4. The van der Waals surface area contributed by atoms with Crippen molar-refractivity contribution < 1.29 is 19.1 Å². The standard InChI is InChI=1S/C26H30N4O4/c1-5-28(2)24(31)20(15-17-9-7-6-8-10-17)30-16-21-22(25(30)32)23(27-26(33)29(21)3)18-11-13-19(34-4)14-12-18/h6-14,20,23H,5,15-16H2,1-4H3,(H,27,33)/t20-,23+/m0/s1. The SMILES string of the molecule is CCN(C)C(=O)[C@H](Cc1ccccc1)N1CC2=C(C1=O)[C@@H](c1ccc(OC)cc1)NC(=O)N2C. The number of nitrogens with one attached hydrogen (secondary N) is 1. The van der Waals surface area contributed by atoms with Gasteiger partial charge in [0.05, 0.1) is 31.0 Å². The van der Waals surface area contributed by atoms with Crippen molar-refractivity contribution in [3.8, 4) is 5.75 Å². The predicted octanol–water partition coefficient (Wildman–Crippen LogP) is 2.58. The highest BCUT2D eigenvalue weighted by molar-refractivity contribution is 6.03. The molecular formula is C26H30N4O4. The van der Waals surface area contributed by atoms with Gasteiger partial charge < -0.3 is 19.9 Å². The molecule has 178 valence electrons. The zero-order chi connectivity index (χ0) is 24.4. The van der Waals surface area contributed by atoms with Gasteiger partial charge in [0.2, 0.25) is 5.91 Å². The van der Waals surface area contributed by atoms with Crippen molar-refractivity contribution in [2.45, 2.75) is 25.4 Å². The van der Waals surface area contributed by atoms with Gasteiger partial charge >= 0.3 is 6.03 Å². The zero-order valence-electron chi connectivity index (χ0n) is 19.9. The summed E-state index contributed by atoms with van der Waals surface area (Å²) in [5.74, 6) is 0.330. The Labute approximate surface area is 199 Å². The third-order valence-corrected chi connectivity index (χ3v) is 6.62. The van der Waals surface area contributed by atoms with Gasteiger partial charge in [-0.2, -0.15) is 0 Å². The van der Waals surface area contributed by atoms with E-state index in [1.165, 1.54) is 4.90 Å². The maximum Gasteiger partial charge on any atom is 0.322 e. The van der Waals surface area contributed by atoms with E-state index in [1.54, 1.807) is 43.1 Å². The third-order valence-electron chi connectivity index (χ3n) is 6.62. The number of likely N-dealkylation sites (N-methyl/N-ethyl adjacent to an activating group) is 2. The Morgan fingerprint density at radius 3 is 2.44 bits per heavy atom. The van der Waals surface area contributed by atoms with Crippen LogP contribution in [0, 0.1) is 0 Å². The summed E-state index contributed by atoms with van der Waals surface area (Å²) in [7, 11) is 4.98. The Balaban J connectivity index is 1.70. The molecule has 0 aliphatic carbocycles. The van der Waals surface area contributed by atoms with Crippen molar-refractivity contribution >= 4 is 17.8 Å². The van der Waals surface area contributed by atoms with Gasteiger partial charge in [-0.3, -0.25) is 14.5 Å². The van der Waals surface area contributed by atoms with E-state index < -0.39 is 12.1 Å². The normalized spacial score (nSPS) is 18.5. The number of rotatable bonds is 7. The minimum Gasteiger partial charge on any atom is -0.497 e. The van der Waals surface area contributed by atoms with Gasteiger partial charge in [-0.1, -0.05) is 42.5 Å². The molecule has 0 spiro atoms. The average molecular weight is 463 g/mol. The van der Waals surface area contributed by atoms with Crippen LogP contribution in [0.15, 0.2) is 65.9 Å². The van der Waals surface area contributed by atoms with E-state index in [9.17, 15) is 14.4 Å². The van der Waals surface area contributed by atoms with E-state index in [0.29, 0.717) is 30.0 Å². The number of methoxy groups -OCH3 is 1. The lowest BCUT2D eigenvalue weighted by molar-refractivity contribution is -0.141. The average Bonchev–Trinajstić information content (AvgIpc) is 3.21. The predicted molar refractivity (Wildman–Crippen MR) is 128 cm³/mol. The Hall–Kier alpha value is -3.81. The number of urea groups is 1. The Morgan fingerprint density at radius 1 is 1.15 bits per heavy atom. The summed E-state index contributed by atoms with van der Waals surface area (Å²) in [6.45, 7) is 2.64. The van der Waals surface area contributed by atoms with E-state index in [0.717, 1.165) is 11.1 Å². The van der Waals surface area contributed by atoms with E-state index in [4.69, 9.17) is 4.74 Å². The van der Waals surface area contributed by atoms with Crippen LogP contribution in [0.4, 0.5) is 4.79 Å². The number of nitrogens with zero attached hydrogens (tertiary/aromatic N) is 3. The maximum atomic E-state index is 13.8. The molecule has 0 unspecified atom stereocenters. The largest absolute Gasteiger partial charge is 0.497 e. The third kappa shape index (κ3) is 4.23. The van der Waals surface area contributed by atoms with Crippen LogP contribution in [0.5, 0.6) is 5.75 Å². The zero-order valence-corrected chi connectivity index (χ0v) is 19.9. The summed E-state index contributed by atoms with van der Waals surface area (Å²) in [6.07, 6.45) is 0.397. The van der Waals surface area contributed by atoms with Gasteiger partial charge in [0.1, 0.15) is 11.8 Å². The molecule has 0 aromatic heterocycles. The van der Waals surface area contributed by atoms with E-state index in [-0.39, 0.29) is 24.4 Å². The summed E-state index contributed by atoms with van der Waals surface area (Å²) in [4.78, 5) is 44.7. The second kappa shape index (κ2) is 9.59. The Kier molecular flexibility index (Phi) is 6.58.